The maximum absolute atomic E-state index is 13.3. The average Bonchev–Trinajstić information content (AvgIpc) is 3.39. The third-order valence-corrected chi connectivity index (χ3v) is 7.22. The van der Waals surface area contributed by atoms with Crippen LogP contribution in [0.15, 0.2) is 42.5 Å². The first kappa shape index (κ1) is 21.5. The lowest BCUT2D eigenvalue weighted by atomic mass is 10.1. The lowest BCUT2D eigenvalue weighted by molar-refractivity contribution is 0.0602. The number of amides is 1. The molecule has 0 spiro atoms. The summed E-state index contributed by atoms with van der Waals surface area (Å²) in [6.07, 6.45) is 0.940. The van der Waals surface area contributed by atoms with E-state index in [0.29, 0.717) is 32.1 Å². The third kappa shape index (κ3) is 4.35. The number of esters is 1. The van der Waals surface area contributed by atoms with E-state index in [4.69, 9.17) is 21.3 Å². The molecule has 8 heteroatoms. The molecule has 0 aliphatic heterocycles. The van der Waals surface area contributed by atoms with E-state index in [2.05, 4.69) is 18.3 Å². The highest BCUT2D eigenvalue weighted by atomic mass is 35.5. The Labute approximate surface area is 192 Å². The molecule has 3 heterocycles. The van der Waals surface area contributed by atoms with Gasteiger partial charge >= 0.3 is 5.97 Å². The highest BCUT2D eigenvalue weighted by Gasteiger charge is 2.20. The van der Waals surface area contributed by atoms with E-state index >= 15 is 0 Å². The monoisotopic (exact) mass is 470 g/mol. The highest BCUT2D eigenvalue weighted by molar-refractivity contribution is 7.16. The number of carbonyl (C=O) groups is 2. The van der Waals surface area contributed by atoms with Crippen molar-refractivity contribution in [3.63, 3.8) is 0 Å². The summed E-state index contributed by atoms with van der Waals surface area (Å²) in [5.41, 5.74) is 2.17. The minimum Gasteiger partial charge on any atom is -0.465 e. The van der Waals surface area contributed by atoms with Gasteiger partial charge in [0.2, 0.25) is 0 Å². The molecule has 0 radical (unpaired) electrons. The smallest absolute Gasteiger partial charge is 0.340 e. The molecule has 1 amide bonds. The number of methoxy groups -OCH3 is 1. The number of fused-ring (bicyclic) bond motifs is 1. The van der Waals surface area contributed by atoms with E-state index in [0.717, 1.165) is 21.9 Å². The van der Waals surface area contributed by atoms with Crippen LogP contribution in [0.3, 0.4) is 0 Å². The summed E-state index contributed by atoms with van der Waals surface area (Å²) in [6, 6.07) is 12.9. The Kier molecular flexibility index (Phi) is 6.09. The van der Waals surface area contributed by atoms with E-state index < -0.39 is 5.97 Å². The first-order chi connectivity index (χ1) is 14.9. The van der Waals surface area contributed by atoms with Crippen molar-refractivity contribution in [3.05, 3.63) is 68.4 Å². The van der Waals surface area contributed by atoms with Gasteiger partial charge in [0.15, 0.2) is 0 Å². The zero-order valence-corrected chi connectivity index (χ0v) is 19.5. The number of hydrogen-bond donors (Lipinski definition) is 1. The summed E-state index contributed by atoms with van der Waals surface area (Å²) in [4.78, 5) is 33.3. The van der Waals surface area contributed by atoms with E-state index in [1.807, 2.05) is 13.0 Å². The van der Waals surface area contributed by atoms with Crippen molar-refractivity contribution in [2.45, 2.75) is 20.3 Å². The zero-order valence-electron chi connectivity index (χ0n) is 17.1. The molecule has 5 nitrogen and oxygen atoms in total. The number of hydrogen-bond acceptors (Lipinski definition) is 6. The number of anilines is 1. The van der Waals surface area contributed by atoms with Gasteiger partial charge in [0.1, 0.15) is 5.00 Å². The summed E-state index contributed by atoms with van der Waals surface area (Å²) in [5, 5.41) is 4.50. The van der Waals surface area contributed by atoms with Crippen molar-refractivity contribution in [3.8, 4) is 10.6 Å². The van der Waals surface area contributed by atoms with E-state index in [1.165, 1.54) is 23.3 Å². The molecule has 0 aliphatic rings. The molecule has 1 N–H and O–H groups in total. The van der Waals surface area contributed by atoms with Gasteiger partial charge in [0.25, 0.3) is 5.91 Å². The Bertz CT molecular complexity index is 1310. The second-order valence-corrected chi connectivity index (χ2v) is 9.74. The van der Waals surface area contributed by atoms with Gasteiger partial charge in [-0.05, 0) is 55.8 Å². The van der Waals surface area contributed by atoms with Crippen molar-refractivity contribution in [2.24, 2.45) is 0 Å². The molecule has 0 bridgehead atoms. The van der Waals surface area contributed by atoms with E-state index in [1.54, 1.807) is 41.7 Å². The molecule has 31 heavy (non-hydrogen) atoms. The van der Waals surface area contributed by atoms with Crippen LogP contribution in [0.1, 0.15) is 37.4 Å². The minimum atomic E-state index is -0.492. The van der Waals surface area contributed by atoms with Gasteiger partial charge in [-0.25, -0.2) is 9.78 Å². The summed E-state index contributed by atoms with van der Waals surface area (Å²) in [6.45, 7) is 3.97. The number of carbonyl (C=O) groups excluding carboxylic acids is 2. The van der Waals surface area contributed by atoms with Crippen molar-refractivity contribution in [2.75, 3.05) is 12.4 Å². The largest absolute Gasteiger partial charge is 0.465 e. The van der Waals surface area contributed by atoms with Crippen LogP contribution in [0.5, 0.6) is 0 Å². The van der Waals surface area contributed by atoms with Gasteiger partial charge in [0.05, 0.1) is 34.3 Å². The maximum Gasteiger partial charge on any atom is 0.340 e. The standard InChI is InChI=1S/C23H19ClN2O3S2/c1-4-14-6-8-20(31-14)19-11-16(15-10-13(24)5-7-18(15)25-19)21(27)26-22-17(23(28)29-3)9-12(2)30-22/h5-11H,4H2,1-3H3,(H,26,27). The molecule has 0 unspecified atom stereocenters. The van der Waals surface area contributed by atoms with E-state index in [-0.39, 0.29) is 5.91 Å². The summed E-state index contributed by atoms with van der Waals surface area (Å²) in [7, 11) is 1.32. The van der Waals surface area contributed by atoms with Crippen LogP contribution in [-0.4, -0.2) is 24.0 Å². The second kappa shape index (κ2) is 8.78. The first-order valence-corrected chi connectivity index (χ1v) is 11.6. The van der Waals surface area contributed by atoms with Gasteiger partial charge in [-0.1, -0.05) is 18.5 Å². The number of nitrogens with one attached hydrogen (secondary N) is 1. The molecular formula is C23H19ClN2O3S2. The zero-order chi connectivity index (χ0) is 22.1. The van der Waals surface area contributed by atoms with Gasteiger partial charge in [0, 0.05) is 20.2 Å². The van der Waals surface area contributed by atoms with Crippen LogP contribution < -0.4 is 5.32 Å². The molecule has 0 saturated carbocycles. The number of halogens is 1. The Hall–Kier alpha value is -2.74. The van der Waals surface area contributed by atoms with Gasteiger partial charge in [-0.3, -0.25) is 4.79 Å². The normalized spacial score (nSPS) is 11.0. The number of thiophene rings is 2. The lowest BCUT2D eigenvalue weighted by Gasteiger charge is -2.10. The Morgan fingerprint density at radius 3 is 2.61 bits per heavy atom. The van der Waals surface area contributed by atoms with Gasteiger partial charge in [-0.15, -0.1) is 22.7 Å². The Balaban J connectivity index is 1.81. The molecule has 0 fully saturated rings. The number of pyridine rings is 1. The van der Waals surface area contributed by atoms with Crippen molar-refractivity contribution in [1.29, 1.82) is 0 Å². The molecule has 4 rings (SSSR count). The molecule has 0 atom stereocenters. The third-order valence-electron chi connectivity index (χ3n) is 4.77. The number of ether oxygens (including phenoxy) is 1. The number of aromatic nitrogens is 1. The van der Waals surface area contributed by atoms with Crippen molar-refractivity contribution >= 4 is 62.1 Å². The van der Waals surface area contributed by atoms with Gasteiger partial charge in [-0.2, -0.15) is 0 Å². The Morgan fingerprint density at radius 2 is 1.90 bits per heavy atom. The molecular weight excluding hydrogens is 452 g/mol. The second-order valence-electron chi connectivity index (χ2n) is 6.88. The van der Waals surface area contributed by atoms with Crippen LogP contribution in [0, 0.1) is 6.92 Å². The Morgan fingerprint density at radius 1 is 1.10 bits per heavy atom. The SMILES string of the molecule is CCc1ccc(-c2cc(C(=O)Nc3sc(C)cc3C(=O)OC)c3cc(Cl)ccc3n2)s1. The molecule has 0 aliphatic carbocycles. The fourth-order valence-corrected chi connectivity index (χ4v) is 5.23. The number of aryl methyl sites for hydroxylation is 2. The average molecular weight is 471 g/mol. The lowest BCUT2D eigenvalue weighted by Crippen LogP contribution is -2.14. The summed E-state index contributed by atoms with van der Waals surface area (Å²) in [5.74, 6) is -0.830. The van der Waals surface area contributed by atoms with Crippen LogP contribution in [-0.2, 0) is 11.2 Å². The van der Waals surface area contributed by atoms with Crippen LogP contribution in [0.4, 0.5) is 5.00 Å². The molecule has 3 aromatic heterocycles. The van der Waals surface area contributed by atoms with E-state index in [9.17, 15) is 9.59 Å². The fraction of sp³-hybridized carbons (Fsp3) is 0.174. The van der Waals surface area contributed by atoms with Crippen molar-refractivity contribution < 1.29 is 14.3 Å². The molecule has 4 aromatic rings. The molecule has 158 valence electrons. The topological polar surface area (TPSA) is 68.3 Å². The van der Waals surface area contributed by atoms with Crippen LogP contribution >= 0.6 is 34.3 Å². The number of nitrogens with zero attached hydrogens (tertiary/aromatic N) is 1. The van der Waals surface area contributed by atoms with Crippen molar-refractivity contribution in [1.82, 2.24) is 4.98 Å². The fourth-order valence-electron chi connectivity index (χ4n) is 3.26. The molecule has 0 saturated heterocycles. The highest BCUT2D eigenvalue weighted by Crippen LogP contribution is 2.33. The maximum atomic E-state index is 13.3. The van der Waals surface area contributed by atoms with Gasteiger partial charge < -0.3 is 10.1 Å². The predicted octanol–water partition coefficient (Wildman–Crippen LogP) is 6.59. The van der Waals surface area contributed by atoms with Crippen LogP contribution in [0.25, 0.3) is 21.5 Å². The summed E-state index contributed by atoms with van der Waals surface area (Å²) >= 11 is 9.19. The number of benzene rings is 1. The summed E-state index contributed by atoms with van der Waals surface area (Å²) < 4.78 is 4.84. The first-order valence-electron chi connectivity index (χ1n) is 9.59. The molecule has 1 aromatic carbocycles. The number of rotatable bonds is 5. The quantitative estimate of drug-likeness (QED) is 0.334. The predicted molar refractivity (Wildman–Crippen MR) is 128 cm³/mol. The minimum absolute atomic E-state index is 0.334. The van der Waals surface area contributed by atoms with Crippen LogP contribution in [0.2, 0.25) is 5.02 Å².